The highest BCUT2D eigenvalue weighted by molar-refractivity contribution is 5.05. The minimum Gasteiger partial charge on any atom is -0.0625 e. The molecule has 0 fully saturated rings. The fourth-order valence-corrected chi connectivity index (χ4v) is 2.40. The molecule has 0 saturated carbocycles. The summed E-state index contributed by atoms with van der Waals surface area (Å²) >= 11 is 0. The van der Waals surface area contributed by atoms with Crippen LogP contribution in [0.25, 0.3) is 0 Å². The van der Waals surface area contributed by atoms with Gasteiger partial charge < -0.3 is 0 Å². The van der Waals surface area contributed by atoms with Crippen molar-refractivity contribution < 1.29 is 0 Å². The van der Waals surface area contributed by atoms with E-state index in [9.17, 15) is 0 Å². The molecule has 3 atom stereocenters. The summed E-state index contributed by atoms with van der Waals surface area (Å²) in [5.41, 5.74) is 0. The topological polar surface area (TPSA) is 0 Å². The van der Waals surface area contributed by atoms with Crippen molar-refractivity contribution in [2.24, 2.45) is 35.5 Å². The Labute approximate surface area is 104 Å². The average Bonchev–Trinajstić information content (AvgIpc) is 2.16. The number of hydrogen-bond donors (Lipinski definition) is 0. The van der Waals surface area contributed by atoms with Crippen LogP contribution in [0.4, 0.5) is 0 Å². The SMILES string of the molecule is CC(C)C(C)[C](C(C)C(C)C)C(C)C(C)C. The summed E-state index contributed by atoms with van der Waals surface area (Å²) in [5, 5.41) is 0. The first-order valence-electron chi connectivity index (χ1n) is 7.06. The van der Waals surface area contributed by atoms with Crippen molar-refractivity contribution in [1.29, 1.82) is 0 Å². The van der Waals surface area contributed by atoms with Gasteiger partial charge in [0.15, 0.2) is 0 Å². The highest BCUT2D eigenvalue weighted by atomic mass is 14.4. The molecule has 0 nitrogen and oxygen atoms in total. The molecule has 16 heavy (non-hydrogen) atoms. The van der Waals surface area contributed by atoms with E-state index in [0.29, 0.717) is 0 Å². The van der Waals surface area contributed by atoms with Gasteiger partial charge in [-0.05, 0) is 41.4 Å². The Bertz CT molecular complexity index is 145. The molecule has 0 aliphatic carbocycles. The molecule has 0 bridgehead atoms. The molecule has 1 radical (unpaired) electrons. The van der Waals surface area contributed by atoms with Gasteiger partial charge in [0.1, 0.15) is 0 Å². The lowest BCUT2D eigenvalue weighted by Crippen LogP contribution is -2.32. The highest BCUT2D eigenvalue weighted by Gasteiger charge is 2.33. The van der Waals surface area contributed by atoms with Crippen molar-refractivity contribution in [1.82, 2.24) is 0 Å². The van der Waals surface area contributed by atoms with E-state index in [1.165, 1.54) is 0 Å². The van der Waals surface area contributed by atoms with E-state index < -0.39 is 0 Å². The maximum Gasteiger partial charge on any atom is -0.0149 e. The first-order valence-corrected chi connectivity index (χ1v) is 7.06. The molecule has 0 spiro atoms. The maximum atomic E-state index is 2.41. The van der Waals surface area contributed by atoms with E-state index >= 15 is 0 Å². The Hall–Kier alpha value is 0. The molecule has 0 aromatic rings. The van der Waals surface area contributed by atoms with Crippen molar-refractivity contribution >= 4 is 0 Å². The van der Waals surface area contributed by atoms with Gasteiger partial charge in [-0.3, -0.25) is 0 Å². The Kier molecular flexibility index (Phi) is 6.67. The molecule has 3 unspecified atom stereocenters. The van der Waals surface area contributed by atoms with Crippen LogP contribution < -0.4 is 0 Å². The predicted octanol–water partition coefficient (Wildman–Crippen LogP) is 5.44. The van der Waals surface area contributed by atoms with Crippen LogP contribution in [0.1, 0.15) is 62.3 Å². The third-order valence-electron chi connectivity index (χ3n) is 4.58. The van der Waals surface area contributed by atoms with Gasteiger partial charge in [0, 0.05) is 0 Å². The molecule has 0 aromatic carbocycles. The molecule has 0 N–H and O–H groups in total. The number of rotatable bonds is 6. The Balaban J connectivity index is 4.89. The third-order valence-corrected chi connectivity index (χ3v) is 4.58. The molecule has 97 valence electrons. The predicted molar refractivity (Wildman–Crippen MR) is 75.2 cm³/mol. The smallest absolute Gasteiger partial charge is 0.0149 e. The largest absolute Gasteiger partial charge is 0.0625 e. The second-order valence-corrected chi connectivity index (χ2v) is 6.60. The van der Waals surface area contributed by atoms with Crippen LogP contribution in [0.3, 0.4) is 0 Å². The zero-order chi connectivity index (χ0) is 13.0. The monoisotopic (exact) mass is 225 g/mol. The van der Waals surface area contributed by atoms with E-state index in [-0.39, 0.29) is 0 Å². The Morgan fingerprint density at radius 2 is 0.625 bits per heavy atom. The van der Waals surface area contributed by atoms with E-state index in [2.05, 4.69) is 62.3 Å². The van der Waals surface area contributed by atoms with E-state index in [0.717, 1.165) is 35.5 Å². The van der Waals surface area contributed by atoms with Crippen LogP contribution in [0.5, 0.6) is 0 Å². The molecule has 0 aromatic heterocycles. The summed E-state index contributed by atoms with van der Waals surface area (Å²) in [5.74, 6) is 6.31. The second-order valence-electron chi connectivity index (χ2n) is 6.60. The summed E-state index contributed by atoms with van der Waals surface area (Å²) in [6.07, 6.45) is 0. The summed E-state index contributed by atoms with van der Waals surface area (Å²) in [7, 11) is 0. The van der Waals surface area contributed by atoms with Gasteiger partial charge in [-0.15, -0.1) is 0 Å². The van der Waals surface area contributed by atoms with Gasteiger partial charge in [-0.25, -0.2) is 0 Å². The lowest BCUT2D eigenvalue weighted by Gasteiger charge is -2.39. The van der Waals surface area contributed by atoms with Gasteiger partial charge in [0.05, 0.1) is 0 Å². The van der Waals surface area contributed by atoms with Crippen LogP contribution >= 0.6 is 0 Å². The lowest BCUT2D eigenvalue weighted by atomic mass is 9.65. The fourth-order valence-electron chi connectivity index (χ4n) is 2.40. The van der Waals surface area contributed by atoms with Crippen molar-refractivity contribution in [3.8, 4) is 0 Å². The molecule has 0 amide bonds. The summed E-state index contributed by atoms with van der Waals surface area (Å²) in [6, 6.07) is 0. The third kappa shape index (κ3) is 4.11. The standard InChI is InChI=1S/C16H33/c1-10(2)13(7)16(14(8)11(3)4)15(9)12(5)6/h10-15H,1-9H3. The Morgan fingerprint density at radius 3 is 0.750 bits per heavy atom. The average molecular weight is 225 g/mol. The first kappa shape index (κ1) is 16.0. The van der Waals surface area contributed by atoms with Gasteiger partial charge in [-0.2, -0.15) is 0 Å². The van der Waals surface area contributed by atoms with Crippen molar-refractivity contribution in [2.75, 3.05) is 0 Å². The van der Waals surface area contributed by atoms with Crippen LogP contribution in [-0.2, 0) is 0 Å². The minimum absolute atomic E-state index is 0.745. The minimum atomic E-state index is 0.745. The van der Waals surface area contributed by atoms with E-state index in [1.54, 1.807) is 5.92 Å². The molecule has 0 heteroatoms. The summed E-state index contributed by atoms with van der Waals surface area (Å²) in [6.45, 7) is 21.4. The molecule has 0 saturated heterocycles. The molecular weight excluding hydrogens is 192 g/mol. The number of hydrogen-bond acceptors (Lipinski definition) is 0. The molecule has 0 aliphatic rings. The zero-order valence-corrected chi connectivity index (χ0v) is 13.0. The maximum absolute atomic E-state index is 2.41. The van der Waals surface area contributed by atoms with Gasteiger partial charge in [0.2, 0.25) is 0 Å². The summed E-state index contributed by atoms with van der Waals surface area (Å²) < 4.78 is 0. The fraction of sp³-hybridized carbons (Fsp3) is 0.938. The van der Waals surface area contributed by atoms with Crippen molar-refractivity contribution in [2.45, 2.75) is 62.3 Å². The van der Waals surface area contributed by atoms with Crippen molar-refractivity contribution in [3.63, 3.8) is 0 Å². The van der Waals surface area contributed by atoms with Gasteiger partial charge in [-0.1, -0.05) is 62.3 Å². The van der Waals surface area contributed by atoms with Crippen LogP contribution in [0.15, 0.2) is 0 Å². The normalized spacial score (nSPS) is 18.6. The van der Waals surface area contributed by atoms with Crippen molar-refractivity contribution in [3.05, 3.63) is 5.92 Å². The molecule has 0 rings (SSSR count). The zero-order valence-electron chi connectivity index (χ0n) is 13.0. The molecule has 0 aliphatic heterocycles. The lowest BCUT2D eigenvalue weighted by molar-refractivity contribution is 0.236. The van der Waals surface area contributed by atoms with Crippen LogP contribution in [0.2, 0.25) is 0 Å². The van der Waals surface area contributed by atoms with Gasteiger partial charge in [0.25, 0.3) is 0 Å². The summed E-state index contributed by atoms with van der Waals surface area (Å²) in [4.78, 5) is 0. The second kappa shape index (κ2) is 6.67. The van der Waals surface area contributed by atoms with E-state index in [4.69, 9.17) is 0 Å². The quantitative estimate of drug-likeness (QED) is 0.565. The Morgan fingerprint density at radius 1 is 0.438 bits per heavy atom. The molecule has 0 heterocycles. The molecular formula is C16H33. The van der Waals surface area contributed by atoms with E-state index in [1.807, 2.05) is 0 Å². The first-order chi connectivity index (χ1) is 7.20. The van der Waals surface area contributed by atoms with Gasteiger partial charge >= 0.3 is 0 Å². The van der Waals surface area contributed by atoms with Crippen LogP contribution in [0, 0.1) is 41.4 Å². The van der Waals surface area contributed by atoms with Crippen LogP contribution in [-0.4, -0.2) is 0 Å². The highest BCUT2D eigenvalue weighted by Crippen LogP contribution is 2.41.